The molecule has 1 amide bonds. The number of carbonyl (C=O) groups excluding carboxylic acids is 1. The summed E-state index contributed by atoms with van der Waals surface area (Å²) in [5, 5.41) is 0. The van der Waals surface area contributed by atoms with Gasteiger partial charge in [0.2, 0.25) is 0 Å². The molecule has 1 heterocycles. The molecular formula is C9H8BF3KNO2. The summed E-state index contributed by atoms with van der Waals surface area (Å²) in [5.41, 5.74) is 0.179. The average molecular weight is 269 g/mol. The van der Waals surface area contributed by atoms with Crippen molar-refractivity contribution >= 4 is 18.6 Å². The standard InChI is InChI=1S/C9H8BF3NO2.K/c11-10(12,13)6-14-7-3-1-2-4-8(7)16-5-9(14)15;/h1-4H,5-6H2;/q-1;+1. The number of anilines is 1. The first-order valence-electron chi connectivity index (χ1n) is 4.70. The molecule has 0 saturated carbocycles. The second kappa shape index (κ2) is 5.75. The Morgan fingerprint density at radius 1 is 1.29 bits per heavy atom. The van der Waals surface area contributed by atoms with Gasteiger partial charge in [0.15, 0.2) is 6.61 Å². The molecule has 1 aliphatic rings. The largest absolute Gasteiger partial charge is 1.00 e. The molecule has 17 heavy (non-hydrogen) atoms. The molecule has 1 aliphatic heterocycles. The number of halogens is 3. The Balaban J connectivity index is 0.00000144. The number of ether oxygens (including phenoxy) is 1. The van der Waals surface area contributed by atoms with Crippen LogP contribution in [0.5, 0.6) is 5.75 Å². The van der Waals surface area contributed by atoms with Crippen molar-refractivity contribution in [1.29, 1.82) is 0 Å². The first-order valence-corrected chi connectivity index (χ1v) is 4.70. The fourth-order valence-corrected chi connectivity index (χ4v) is 1.56. The van der Waals surface area contributed by atoms with Gasteiger partial charge in [-0.2, -0.15) is 0 Å². The fourth-order valence-electron chi connectivity index (χ4n) is 1.56. The van der Waals surface area contributed by atoms with E-state index in [0.717, 1.165) is 4.90 Å². The number of hydrogen-bond acceptors (Lipinski definition) is 2. The van der Waals surface area contributed by atoms with Crippen LogP contribution in [-0.2, 0) is 4.79 Å². The summed E-state index contributed by atoms with van der Waals surface area (Å²) in [6.07, 6.45) is -1.22. The molecule has 0 spiro atoms. The predicted octanol–water partition coefficient (Wildman–Crippen LogP) is -1.20. The third-order valence-electron chi connectivity index (χ3n) is 2.20. The van der Waals surface area contributed by atoms with E-state index in [1.54, 1.807) is 12.1 Å². The van der Waals surface area contributed by atoms with Gasteiger partial charge >= 0.3 is 58.4 Å². The van der Waals surface area contributed by atoms with E-state index in [-0.39, 0.29) is 63.7 Å². The van der Waals surface area contributed by atoms with Crippen LogP contribution in [0.3, 0.4) is 0 Å². The first-order chi connectivity index (χ1) is 7.47. The summed E-state index contributed by atoms with van der Waals surface area (Å²) < 4.78 is 42.0. The number of nitrogens with zero attached hydrogens (tertiary/aromatic N) is 1. The van der Waals surface area contributed by atoms with Crippen molar-refractivity contribution < 1.29 is 73.9 Å². The van der Waals surface area contributed by atoms with Crippen LogP contribution in [0.1, 0.15) is 0 Å². The van der Waals surface area contributed by atoms with Gasteiger partial charge in [0, 0.05) is 0 Å². The van der Waals surface area contributed by atoms with E-state index in [2.05, 4.69) is 0 Å². The van der Waals surface area contributed by atoms with Gasteiger partial charge in [0.1, 0.15) is 5.75 Å². The molecule has 0 atom stereocenters. The first kappa shape index (κ1) is 15.0. The zero-order valence-corrected chi connectivity index (χ0v) is 12.3. The molecule has 0 radical (unpaired) electrons. The van der Waals surface area contributed by atoms with Crippen LogP contribution in [0.2, 0.25) is 0 Å². The van der Waals surface area contributed by atoms with E-state index in [1.165, 1.54) is 12.1 Å². The topological polar surface area (TPSA) is 29.5 Å². The predicted molar refractivity (Wildman–Crippen MR) is 53.4 cm³/mol. The van der Waals surface area contributed by atoms with E-state index in [4.69, 9.17) is 4.74 Å². The quantitative estimate of drug-likeness (QED) is 0.631. The Kier molecular flexibility index (Phi) is 5.08. The van der Waals surface area contributed by atoms with Crippen LogP contribution in [0, 0.1) is 0 Å². The molecule has 0 unspecified atom stereocenters. The Labute approximate surface area is 139 Å². The molecule has 86 valence electrons. The van der Waals surface area contributed by atoms with E-state index in [9.17, 15) is 17.7 Å². The van der Waals surface area contributed by atoms with Crippen molar-refractivity contribution in [3.8, 4) is 5.75 Å². The average Bonchev–Trinajstić information content (AvgIpc) is 2.21. The maximum Gasteiger partial charge on any atom is 1.00 e. The van der Waals surface area contributed by atoms with Crippen LogP contribution >= 0.6 is 0 Å². The van der Waals surface area contributed by atoms with Crippen LogP contribution in [0.15, 0.2) is 24.3 Å². The maximum absolute atomic E-state index is 12.3. The van der Waals surface area contributed by atoms with E-state index in [1.807, 2.05) is 0 Å². The molecule has 1 aromatic rings. The third-order valence-corrected chi connectivity index (χ3v) is 2.20. The molecule has 0 fully saturated rings. The Bertz CT molecular complexity index is 427. The van der Waals surface area contributed by atoms with Gasteiger partial charge < -0.3 is 22.6 Å². The molecule has 8 heteroatoms. The van der Waals surface area contributed by atoms with Gasteiger partial charge in [-0.05, 0) is 18.6 Å². The number of amides is 1. The van der Waals surface area contributed by atoms with E-state index >= 15 is 0 Å². The minimum absolute atomic E-state index is 0. The van der Waals surface area contributed by atoms with Gasteiger partial charge in [-0.3, -0.25) is 4.79 Å². The van der Waals surface area contributed by atoms with E-state index < -0.39 is 19.3 Å². The Morgan fingerprint density at radius 2 is 1.94 bits per heavy atom. The Hall–Kier alpha value is -0.0187. The molecule has 0 aliphatic carbocycles. The zero-order valence-electron chi connectivity index (χ0n) is 9.20. The van der Waals surface area contributed by atoms with Gasteiger partial charge in [-0.1, -0.05) is 12.1 Å². The van der Waals surface area contributed by atoms with Crippen LogP contribution in [0.4, 0.5) is 18.6 Å². The van der Waals surface area contributed by atoms with Gasteiger partial charge in [0.25, 0.3) is 5.91 Å². The van der Waals surface area contributed by atoms with Crippen LogP contribution < -0.4 is 61.0 Å². The van der Waals surface area contributed by atoms with Crippen LogP contribution in [-0.4, -0.2) is 25.9 Å². The number of hydrogen-bond donors (Lipinski definition) is 0. The molecule has 1 aromatic carbocycles. The summed E-state index contributed by atoms with van der Waals surface area (Å²) in [6, 6.07) is 6.19. The number of rotatable bonds is 2. The second-order valence-corrected chi connectivity index (χ2v) is 3.47. The third kappa shape index (κ3) is 3.72. The van der Waals surface area contributed by atoms with E-state index in [0.29, 0.717) is 5.75 Å². The van der Waals surface area contributed by atoms with Crippen molar-refractivity contribution in [2.24, 2.45) is 0 Å². The Morgan fingerprint density at radius 3 is 2.59 bits per heavy atom. The SMILES string of the molecule is O=C1COc2ccccc2N1C[B-](F)(F)F.[K+]. The second-order valence-electron chi connectivity index (χ2n) is 3.47. The number of carbonyl (C=O) groups is 1. The van der Waals surface area contributed by atoms with Crippen molar-refractivity contribution in [3.63, 3.8) is 0 Å². The molecule has 3 nitrogen and oxygen atoms in total. The summed E-state index contributed by atoms with van der Waals surface area (Å²) >= 11 is 0. The minimum Gasteiger partial charge on any atom is -0.482 e. The fraction of sp³-hybridized carbons (Fsp3) is 0.222. The zero-order chi connectivity index (χ0) is 11.8. The molecular weight excluding hydrogens is 261 g/mol. The smallest absolute Gasteiger partial charge is 0.482 e. The number of benzene rings is 1. The van der Waals surface area contributed by atoms with Crippen molar-refractivity contribution in [3.05, 3.63) is 24.3 Å². The monoisotopic (exact) mass is 269 g/mol. The van der Waals surface area contributed by atoms with Gasteiger partial charge in [-0.15, -0.1) is 0 Å². The molecule has 0 bridgehead atoms. The summed E-state index contributed by atoms with van der Waals surface area (Å²) in [6.45, 7) is -5.39. The summed E-state index contributed by atoms with van der Waals surface area (Å²) in [7, 11) is 0. The molecule has 0 aromatic heterocycles. The molecule has 0 saturated heterocycles. The summed E-state index contributed by atoms with van der Waals surface area (Å²) in [5.74, 6) is -0.361. The van der Waals surface area contributed by atoms with Gasteiger partial charge in [0.05, 0.1) is 5.69 Å². The van der Waals surface area contributed by atoms with Crippen molar-refractivity contribution in [1.82, 2.24) is 0 Å². The minimum atomic E-state index is -5.04. The molecule has 0 N–H and O–H groups in total. The number of para-hydroxylation sites is 2. The van der Waals surface area contributed by atoms with Gasteiger partial charge in [-0.25, -0.2) is 0 Å². The maximum atomic E-state index is 12.3. The van der Waals surface area contributed by atoms with Crippen molar-refractivity contribution in [2.45, 2.75) is 0 Å². The van der Waals surface area contributed by atoms with Crippen LogP contribution in [0.25, 0.3) is 0 Å². The van der Waals surface area contributed by atoms with Crippen molar-refractivity contribution in [2.75, 3.05) is 18.0 Å². The molecule has 2 rings (SSSR count). The summed E-state index contributed by atoms with van der Waals surface area (Å²) in [4.78, 5) is 12.1. The normalized spacial score (nSPS) is 14.8. The number of fused-ring (bicyclic) bond motifs is 1.